The predicted octanol–water partition coefficient (Wildman–Crippen LogP) is 3.10. The van der Waals surface area contributed by atoms with Crippen LogP contribution in [0.3, 0.4) is 0 Å². The molecule has 0 aliphatic heterocycles. The van der Waals surface area contributed by atoms with E-state index in [1.807, 2.05) is 36.4 Å². The van der Waals surface area contributed by atoms with Crippen LogP contribution in [-0.2, 0) is 4.79 Å². The number of nitrogens with one attached hydrogen (secondary N) is 2. The topological polar surface area (TPSA) is 116 Å². The van der Waals surface area contributed by atoms with E-state index in [4.69, 9.17) is 0 Å². The number of carbonyl (C=O) groups excluding carboxylic acids is 1. The smallest absolute Gasteiger partial charge is 0.262 e. The highest BCUT2D eigenvalue weighted by molar-refractivity contribution is 8.00. The van der Waals surface area contributed by atoms with Crippen molar-refractivity contribution in [3.8, 4) is 11.8 Å². The molecule has 0 saturated heterocycles. The lowest BCUT2D eigenvalue weighted by molar-refractivity contribution is -0.115. The normalized spacial score (nSPS) is 11.7. The second kappa shape index (κ2) is 8.23. The number of para-hydroxylation sites is 2. The zero-order chi connectivity index (χ0) is 21.1. The third-order valence-corrected chi connectivity index (χ3v) is 5.36. The molecule has 2 aromatic carbocycles. The Labute approximate surface area is 175 Å². The van der Waals surface area contributed by atoms with Crippen molar-refractivity contribution in [2.45, 2.75) is 17.3 Å². The molecule has 0 fully saturated rings. The van der Waals surface area contributed by atoms with Crippen LogP contribution in [0.1, 0.15) is 12.5 Å². The fraction of sp³-hybridized carbons (Fsp3) is 0.0952. The third kappa shape index (κ3) is 3.81. The molecule has 0 bridgehead atoms. The van der Waals surface area contributed by atoms with Crippen LogP contribution in [0.5, 0.6) is 0 Å². The quantitative estimate of drug-likeness (QED) is 0.381. The maximum atomic E-state index is 12.6. The summed E-state index contributed by atoms with van der Waals surface area (Å²) in [5, 5.41) is 16.3. The van der Waals surface area contributed by atoms with Crippen molar-refractivity contribution in [2.75, 3.05) is 5.32 Å². The number of benzene rings is 2. The van der Waals surface area contributed by atoms with Crippen molar-refractivity contribution in [1.29, 1.82) is 5.26 Å². The second-order valence-corrected chi connectivity index (χ2v) is 7.74. The van der Waals surface area contributed by atoms with Gasteiger partial charge in [0.2, 0.25) is 5.91 Å². The van der Waals surface area contributed by atoms with E-state index in [2.05, 4.69) is 20.4 Å². The molecule has 4 aromatic rings. The number of hydrogen-bond acceptors (Lipinski definition) is 6. The first kappa shape index (κ1) is 19.4. The van der Waals surface area contributed by atoms with Crippen LogP contribution in [0, 0.1) is 11.3 Å². The summed E-state index contributed by atoms with van der Waals surface area (Å²) in [5.41, 5.74) is 1.68. The molecule has 1 atom stereocenters. The van der Waals surface area contributed by atoms with E-state index in [0.717, 1.165) is 17.4 Å². The Morgan fingerprint density at radius 1 is 1.20 bits per heavy atom. The van der Waals surface area contributed by atoms with Crippen molar-refractivity contribution < 1.29 is 4.79 Å². The van der Waals surface area contributed by atoms with Crippen LogP contribution < -0.4 is 10.9 Å². The number of thioether (sulfide) groups is 1. The third-order valence-electron chi connectivity index (χ3n) is 4.38. The van der Waals surface area contributed by atoms with E-state index in [1.165, 1.54) is 6.20 Å². The van der Waals surface area contributed by atoms with E-state index in [1.54, 1.807) is 35.9 Å². The molecule has 0 aliphatic rings. The second-order valence-electron chi connectivity index (χ2n) is 6.41. The van der Waals surface area contributed by atoms with E-state index < -0.39 is 5.25 Å². The maximum Gasteiger partial charge on any atom is 0.262 e. The van der Waals surface area contributed by atoms with Crippen LogP contribution in [-0.4, -0.2) is 30.9 Å². The molecule has 9 heteroatoms. The summed E-state index contributed by atoms with van der Waals surface area (Å²) in [4.78, 5) is 32.3. The lowest BCUT2D eigenvalue weighted by Crippen LogP contribution is -2.23. The molecule has 1 unspecified atom stereocenters. The maximum absolute atomic E-state index is 12.6. The summed E-state index contributed by atoms with van der Waals surface area (Å²) in [6.45, 7) is 1.70. The number of hydrogen-bond donors (Lipinski definition) is 2. The largest absolute Gasteiger partial charge is 0.324 e. The molecule has 0 radical (unpaired) electrons. The van der Waals surface area contributed by atoms with Crippen LogP contribution in [0.15, 0.2) is 70.7 Å². The Balaban J connectivity index is 1.60. The van der Waals surface area contributed by atoms with Gasteiger partial charge in [0.15, 0.2) is 10.8 Å². The molecule has 2 heterocycles. The SMILES string of the molecule is CC(Sc1nc2c(cnn2-c2ccccc2)c(=O)[nH]1)C(=O)Nc1ccccc1C#N. The molecule has 4 rings (SSSR count). The number of anilines is 1. The minimum atomic E-state index is -0.564. The molecule has 0 aliphatic carbocycles. The lowest BCUT2D eigenvalue weighted by atomic mass is 10.2. The molecule has 0 spiro atoms. The van der Waals surface area contributed by atoms with Crippen molar-refractivity contribution in [1.82, 2.24) is 19.7 Å². The number of fused-ring (bicyclic) bond motifs is 1. The Bertz CT molecular complexity index is 1320. The van der Waals surface area contributed by atoms with Gasteiger partial charge in [-0.2, -0.15) is 10.4 Å². The minimum absolute atomic E-state index is 0.304. The van der Waals surface area contributed by atoms with Crippen molar-refractivity contribution in [3.63, 3.8) is 0 Å². The molecule has 2 aromatic heterocycles. The number of nitriles is 1. The number of aromatic nitrogens is 4. The van der Waals surface area contributed by atoms with Gasteiger partial charge in [0, 0.05) is 0 Å². The van der Waals surface area contributed by atoms with E-state index in [0.29, 0.717) is 27.4 Å². The molecule has 1 amide bonds. The zero-order valence-electron chi connectivity index (χ0n) is 15.9. The highest BCUT2D eigenvalue weighted by atomic mass is 32.2. The van der Waals surface area contributed by atoms with E-state index >= 15 is 0 Å². The lowest BCUT2D eigenvalue weighted by Gasteiger charge is -2.12. The highest BCUT2D eigenvalue weighted by Gasteiger charge is 2.19. The fourth-order valence-electron chi connectivity index (χ4n) is 2.86. The Kier molecular flexibility index (Phi) is 5.32. The molecular weight excluding hydrogens is 400 g/mol. The van der Waals surface area contributed by atoms with Crippen molar-refractivity contribution in [2.24, 2.45) is 0 Å². The molecule has 0 saturated carbocycles. The summed E-state index contributed by atoms with van der Waals surface area (Å²) >= 11 is 1.12. The van der Waals surface area contributed by atoms with Gasteiger partial charge in [-0.15, -0.1) is 0 Å². The number of rotatable bonds is 5. The zero-order valence-corrected chi connectivity index (χ0v) is 16.7. The van der Waals surface area contributed by atoms with Crippen LogP contribution in [0.25, 0.3) is 16.7 Å². The highest BCUT2D eigenvalue weighted by Crippen LogP contribution is 2.23. The van der Waals surface area contributed by atoms with Gasteiger partial charge >= 0.3 is 0 Å². The first-order valence-corrected chi connectivity index (χ1v) is 9.95. The number of H-pyrrole nitrogens is 1. The first-order chi connectivity index (χ1) is 14.6. The van der Waals surface area contributed by atoms with E-state index in [9.17, 15) is 14.9 Å². The molecular formula is C21H16N6O2S. The van der Waals surface area contributed by atoms with Crippen molar-refractivity contribution in [3.05, 3.63) is 76.7 Å². The molecule has 8 nitrogen and oxygen atoms in total. The number of aromatic amines is 1. The molecule has 2 N–H and O–H groups in total. The summed E-state index contributed by atoms with van der Waals surface area (Å²) in [5.74, 6) is -0.304. The van der Waals surface area contributed by atoms with Crippen LogP contribution in [0.2, 0.25) is 0 Å². The summed E-state index contributed by atoms with van der Waals surface area (Å²) in [6, 6.07) is 18.2. The number of amides is 1. The van der Waals surface area contributed by atoms with Gasteiger partial charge < -0.3 is 10.3 Å². The number of carbonyl (C=O) groups is 1. The monoisotopic (exact) mass is 416 g/mol. The minimum Gasteiger partial charge on any atom is -0.324 e. The van der Waals surface area contributed by atoms with Gasteiger partial charge in [-0.05, 0) is 31.2 Å². The van der Waals surface area contributed by atoms with E-state index in [-0.39, 0.29) is 11.5 Å². The van der Waals surface area contributed by atoms with Gasteiger partial charge in [0.25, 0.3) is 5.56 Å². The average Bonchev–Trinajstić information content (AvgIpc) is 3.19. The van der Waals surface area contributed by atoms with Gasteiger partial charge in [0.05, 0.1) is 28.4 Å². The van der Waals surface area contributed by atoms with Crippen molar-refractivity contribution >= 4 is 34.4 Å². The van der Waals surface area contributed by atoms with Gasteiger partial charge in [0.1, 0.15) is 11.5 Å². The summed E-state index contributed by atoms with van der Waals surface area (Å²) in [6.07, 6.45) is 1.47. The Morgan fingerprint density at radius 2 is 1.93 bits per heavy atom. The van der Waals surface area contributed by atoms with Crippen LogP contribution >= 0.6 is 11.8 Å². The van der Waals surface area contributed by atoms with Crippen LogP contribution in [0.4, 0.5) is 5.69 Å². The number of nitrogens with zero attached hydrogens (tertiary/aromatic N) is 4. The predicted molar refractivity (Wildman–Crippen MR) is 115 cm³/mol. The summed E-state index contributed by atoms with van der Waals surface area (Å²) < 4.78 is 1.59. The van der Waals surface area contributed by atoms with Gasteiger partial charge in [-0.25, -0.2) is 9.67 Å². The Hall–Kier alpha value is -3.90. The molecule has 30 heavy (non-hydrogen) atoms. The van der Waals surface area contributed by atoms with Gasteiger partial charge in [-0.3, -0.25) is 9.59 Å². The first-order valence-electron chi connectivity index (χ1n) is 9.07. The standard InChI is InChI=1S/C21H16N6O2S/c1-13(19(28)24-17-10-6-5-7-14(17)11-22)30-21-25-18-16(20(29)26-21)12-23-27(18)15-8-3-2-4-9-15/h2-10,12-13H,1H3,(H,24,28)(H,25,26,29). The Morgan fingerprint density at radius 3 is 2.70 bits per heavy atom. The fourth-order valence-corrected chi connectivity index (χ4v) is 3.65. The van der Waals surface area contributed by atoms with Gasteiger partial charge in [-0.1, -0.05) is 42.1 Å². The average molecular weight is 416 g/mol. The summed E-state index contributed by atoms with van der Waals surface area (Å²) in [7, 11) is 0. The molecule has 148 valence electrons.